The van der Waals surface area contributed by atoms with E-state index in [1.807, 2.05) is 0 Å². The zero-order valence-electron chi connectivity index (χ0n) is 10.2. The van der Waals surface area contributed by atoms with Gasteiger partial charge in [0.25, 0.3) is 0 Å². The minimum absolute atomic E-state index is 0.326. The summed E-state index contributed by atoms with van der Waals surface area (Å²) in [4.78, 5) is 19.4. The third kappa shape index (κ3) is 3.28. The number of nitrogen functional groups attached to an aromatic ring is 1. The highest BCUT2D eigenvalue weighted by Gasteiger charge is 2.16. The zero-order chi connectivity index (χ0) is 12.8. The molecule has 7 nitrogen and oxygen atoms in total. The fourth-order valence-electron chi connectivity index (χ4n) is 1.27. The maximum Gasteiger partial charge on any atom is 0.328 e. The molecule has 94 valence electrons. The third-order valence-electron chi connectivity index (χ3n) is 2.21. The predicted molar refractivity (Wildman–Crippen MR) is 64.3 cm³/mol. The van der Waals surface area contributed by atoms with Crippen molar-refractivity contribution >= 4 is 17.6 Å². The summed E-state index contributed by atoms with van der Waals surface area (Å²) < 4.78 is 4.89. The van der Waals surface area contributed by atoms with Crippen LogP contribution in [0.1, 0.15) is 19.4 Å². The molecule has 0 aliphatic rings. The van der Waals surface area contributed by atoms with Gasteiger partial charge in [0.15, 0.2) is 0 Å². The van der Waals surface area contributed by atoms with Crippen LogP contribution >= 0.6 is 0 Å². The number of ether oxygens (including phenoxy) is 1. The molecule has 1 heterocycles. The van der Waals surface area contributed by atoms with E-state index in [4.69, 9.17) is 10.6 Å². The number of hydrogen-bond donors (Lipinski definition) is 3. The molecule has 0 saturated heterocycles. The van der Waals surface area contributed by atoms with Crippen molar-refractivity contribution in [1.82, 2.24) is 9.97 Å². The van der Waals surface area contributed by atoms with Gasteiger partial charge in [-0.05, 0) is 20.8 Å². The first kappa shape index (κ1) is 13.2. The summed E-state index contributed by atoms with van der Waals surface area (Å²) in [6.07, 6.45) is 1.36. The van der Waals surface area contributed by atoms with Crippen molar-refractivity contribution in [3.05, 3.63) is 11.9 Å². The van der Waals surface area contributed by atoms with E-state index >= 15 is 0 Å². The minimum atomic E-state index is -0.478. The van der Waals surface area contributed by atoms with Crippen molar-refractivity contribution in [3.8, 4) is 0 Å². The molecule has 0 aromatic carbocycles. The second kappa shape index (κ2) is 6.00. The summed E-state index contributed by atoms with van der Waals surface area (Å²) in [6.45, 7) is 5.62. The molecule has 1 atom stereocenters. The summed E-state index contributed by atoms with van der Waals surface area (Å²) in [5, 5.41) is 2.95. The minimum Gasteiger partial charge on any atom is -0.464 e. The summed E-state index contributed by atoms with van der Waals surface area (Å²) >= 11 is 0. The molecule has 7 heteroatoms. The van der Waals surface area contributed by atoms with Crippen molar-refractivity contribution in [3.63, 3.8) is 0 Å². The first-order valence-electron chi connectivity index (χ1n) is 5.31. The van der Waals surface area contributed by atoms with Gasteiger partial charge in [-0.2, -0.15) is 0 Å². The van der Waals surface area contributed by atoms with Crippen LogP contribution in [0.3, 0.4) is 0 Å². The molecule has 0 radical (unpaired) electrons. The highest BCUT2D eigenvalue weighted by molar-refractivity contribution is 5.79. The van der Waals surface area contributed by atoms with E-state index in [2.05, 4.69) is 20.7 Å². The Morgan fingerprint density at radius 1 is 1.53 bits per heavy atom. The Morgan fingerprint density at radius 3 is 2.76 bits per heavy atom. The van der Waals surface area contributed by atoms with Crippen LogP contribution in [0, 0.1) is 6.92 Å². The number of nitrogens with zero attached hydrogens (tertiary/aromatic N) is 2. The van der Waals surface area contributed by atoms with E-state index < -0.39 is 6.04 Å². The van der Waals surface area contributed by atoms with Gasteiger partial charge in [0, 0.05) is 5.56 Å². The highest BCUT2D eigenvalue weighted by Crippen LogP contribution is 2.17. The lowest BCUT2D eigenvalue weighted by Crippen LogP contribution is -2.29. The van der Waals surface area contributed by atoms with Gasteiger partial charge in [0.1, 0.15) is 24.0 Å². The molecule has 1 rings (SSSR count). The van der Waals surface area contributed by atoms with Gasteiger partial charge < -0.3 is 15.5 Å². The topological polar surface area (TPSA) is 102 Å². The SMILES string of the molecule is CCOC(=O)C(C)Nc1ncnc(NN)c1C. The lowest BCUT2D eigenvalue weighted by Gasteiger charge is -2.15. The molecule has 0 bridgehead atoms. The van der Waals surface area contributed by atoms with Gasteiger partial charge in [-0.15, -0.1) is 0 Å². The van der Waals surface area contributed by atoms with Gasteiger partial charge >= 0.3 is 5.97 Å². The Kier molecular flexibility index (Phi) is 4.65. The largest absolute Gasteiger partial charge is 0.464 e. The average Bonchev–Trinajstić information content (AvgIpc) is 2.32. The van der Waals surface area contributed by atoms with Gasteiger partial charge in [0.2, 0.25) is 0 Å². The van der Waals surface area contributed by atoms with Crippen LogP contribution in [0.25, 0.3) is 0 Å². The van der Waals surface area contributed by atoms with E-state index in [1.54, 1.807) is 20.8 Å². The number of anilines is 2. The predicted octanol–water partition coefficient (Wildman–Crippen LogP) is 0.434. The van der Waals surface area contributed by atoms with Crippen LogP contribution in [-0.2, 0) is 9.53 Å². The molecule has 1 aromatic heterocycles. The van der Waals surface area contributed by atoms with Gasteiger partial charge in [-0.25, -0.2) is 20.6 Å². The summed E-state index contributed by atoms with van der Waals surface area (Å²) in [5.74, 6) is 6.03. The number of carbonyl (C=O) groups is 1. The quantitative estimate of drug-likeness (QED) is 0.389. The summed E-state index contributed by atoms with van der Waals surface area (Å²) in [7, 11) is 0. The van der Waals surface area contributed by atoms with Crippen LogP contribution < -0.4 is 16.6 Å². The lowest BCUT2D eigenvalue weighted by molar-refractivity contribution is -0.143. The molecule has 1 unspecified atom stereocenters. The standard InChI is InChI=1S/C10H17N5O2/c1-4-17-10(16)7(3)14-8-6(2)9(15-11)13-5-12-8/h5,7H,4,11H2,1-3H3,(H2,12,13,14,15). The number of hydrogen-bond acceptors (Lipinski definition) is 7. The lowest BCUT2D eigenvalue weighted by atomic mass is 10.2. The monoisotopic (exact) mass is 239 g/mol. The van der Waals surface area contributed by atoms with Crippen molar-refractivity contribution in [2.45, 2.75) is 26.8 Å². The van der Waals surface area contributed by atoms with Crippen molar-refractivity contribution in [1.29, 1.82) is 0 Å². The first-order valence-corrected chi connectivity index (χ1v) is 5.31. The Balaban J connectivity index is 2.78. The molecule has 0 saturated carbocycles. The number of aromatic nitrogens is 2. The van der Waals surface area contributed by atoms with Crippen molar-refractivity contribution in [2.75, 3.05) is 17.3 Å². The molecular weight excluding hydrogens is 222 g/mol. The van der Waals surface area contributed by atoms with Crippen LogP contribution in [0.4, 0.5) is 11.6 Å². The number of carbonyl (C=O) groups excluding carboxylic acids is 1. The fourth-order valence-corrected chi connectivity index (χ4v) is 1.27. The van der Waals surface area contributed by atoms with Crippen LogP contribution in [0.15, 0.2) is 6.33 Å². The molecule has 4 N–H and O–H groups in total. The molecule has 0 aliphatic heterocycles. The van der Waals surface area contributed by atoms with Crippen LogP contribution in [-0.4, -0.2) is 28.6 Å². The molecule has 1 aromatic rings. The Bertz CT molecular complexity index is 396. The smallest absolute Gasteiger partial charge is 0.328 e. The Morgan fingerprint density at radius 2 is 2.18 bits per heavy atom. The van der Waals surface area contributed by atoms with Crippen LogP contribution in [0.5, 0.6) is 0 Å². The zero-order valence-corrected chi connectivity index (χ0v) is 10.2. The average molecular weight is 239 g/mol. The third-order valence-corrected chi connectivity index (χ3v) is 2.21. The summed E-state index contributed by atoms with van der Waals surface area (Å²) in [5.41, 5.74) is 3.20. The maximum atomic E-state index is 11.4. The van der Waals surface area contributed by atoms with Crippen molar-refractivity contribution < 1.29 is 9.53 Å². The van der Waals surface area contributed by atoms with E-state index in [1.165, 1.54) is 6.33 Å². The highest BCUT2D eigenvalue weighted by atomic mass is 16.5. The second-order valence-corrected chi connectivity index (χ2v) is 3.46. The van der Waals surface area contributed by atoms with E-state index in [-0.39, 0.29) is 5.97 Å². The number of nitrogens with one attached hydrogen (secondary N) is 2. The number of rotatable bonds is 5. The Hall–Kier alpha value is -1.89. The maximum absolute atomic E-state index is 11.4. The molecule has 0 spiro atoms. The number of hydrazine groups is 1. The van der Waals surface area contributed by atoms with Gasteiger partial charge in [-0.3, -0.25) is 0 Å². The number of nitrogens with two attached hydrogens (primary N) is 1. The van der Waals surface area contributed by atoms with E-state index in [0.717, 1.165) is 5.56 Å². The summed E-state index contributed by atoms with van der Waals surface area (Å²) in [6, 6.07) is -0.478. The van der Waals surface area contributed by atoms with Crippen molar-refractivity contribution in [2.24, 2.45) is 5.84 Å². The molecule has 0 aliphatic carbocycles. The first-order chi connectivity index (χ1) is 8.10. The Labute approximate surface area is 99.7 Å². The molecule has 0 fully saturated rings. The normalized spacial score (nSPS) is 11.8. The molecule has 17 heavy (non-hydrogen) atoms. The number of esters is 1. The van der Waals surface area contributed by atoms with E-state index in [9.17, 15) is 4.79 Å². The van der Waals surface area contributed by atoms with Gasteiger partial charge in [-0.1, -0.05) is 0 Å². The van der Waals surface area contributed by atoms with E-state index in [0.29, 0.717) is 18.2 Å². The van der Waals surface area contributed by atoms with Gasteiger partial charge in [0.05, 0.1) is 6.61 Å². The molecular formula is C10H17N5O2. The van der Waals surface area contributed by atoms with Crippen LogP contribution in [0.2, 0.25) is 0 Å². The molecule has 0 amide bonds. The second-order valence-electron chi connectivity index (χ2n) is 3.46. The fraction of sp³-hybridized carbons (Fsp3) is 0.500.